The molecular weight excluding hydrogens is 242 g/mol. The molecule has 0 aliphatic carbocycles. The largest absolute Gasteiger partial charge is 0.369 e. The minimum atomic E-state index is -0.294. The molecule has 0 aromatic heterocycles. The van der Waals surface area contributed by atoms with Crippen LogP contribution >= 0.6 is 0 Å². The molecule has 3 N–H and O–H groups in total. The van der Waals surface area contributed by atoms with E-state index >= 15 is 0 Å². The normalized spacial score (nSPS) is 24.3. The van der Waals surface area contributed by atoms with Crippen molar-refractivity contribution in [2.75, 3.05) is 13.1 Å². The van der Waals surface area contributed by atoms with E-state index in [4.69, 9.17) is 5.73 Å². The zero-order valence-electron chi connectivity index (χ0n) is 12.5. The van der Waals surface area contributed by atoms with Crippen LogP contribution in [0.4, 0.5) is 0 Å². The van der Waals surface area contributed by atoms with Gasteiger partial charge in [-0.05, 0) is 40.5 Å². The van der Waals surface area contributed by atoms with Crippen LogP contribution in [-0.4, -0.2) is 41.4 Å². The summed E-state index contributed by atoms with van der Waals surface area (Å²) in [5, 5.41) is 3.30. The maximum Gasteiger partial charge on any atom is 0.224 e. The summed E-state index contributed by atoms with van der Waals surface area (Å²) in [6, 6.07) is 0.206. The van der Waals surface area contributed by atoms with Crippen LogP contribution in [0, 0.1) is 5.92 Å². The lowest BCUT2D eigenvalue weighted by atomic mass is 9.92. The molecule has 5 heteroatoms. The fraction of sp³-hybridized carbons (Fsp3) is 0.857. The van der Waals surface area contributed by atoms with Crippen molar-refractivity contribution in [2.45, 2.75) is 58.5 Å². The van der Waals surface area contributed by atoms with Gasteiger partial charge in [-0.3, -0.25) is 9.59 Å². The lowest BCUT2D eigenvalue weighted by molar-refractivity contribution is -0.137. The van der Waals surface area contributed by atoms with Crippen molar-refractivity contribution >= 4 is 11.8 Å². The van der Waals surface area contributed by atoms with Gasteiger partial charge in [-0.15, -0.1) is 0 Å². The van der Waals surface area contributed by atoms with Gasteiger partial charge in [-0.2, -0.15) is 0 Å². The van der Waals surface area contributed by atoms with Gasteiger partial charge in [0, 0.05) is 31.1 Å². The Morgan fingerprint density at radius 3 is 2.47 bits per heavy atom. The zero-order valence-corrected chi connectivity index (χ0v) is 12.5. The highest BCUT2D eigenvalue weighted by molar-refractivity contribution is 5.80. The van der Waals surface area contributed by atoms with Crippen LogP contribution < -0.4 is 11.1 Å². The lowest BCUT2D eigenvalue weighted by Crippen LogP contribution is -2.49. The number of carbonyl (C=O) groups excluding carboxylic acids is 2. The Labute approximate surface area is 115 Å². The van der Waals surface area contributed by atoms with E-state index in [1.54, 1.807) is 0 Å². The molecule has 0 saturated carbocycles. The molecule has 0 aromatic carbocycles. The third kappa shape index (κ3) is 5.19. The van der Waals surface area contributed by atoms with Crippen LogP contribution in [0.1, 0.15) is 47.0 Å². The molecule has 2 amide bonds. The molecule has 1 aliphatic heterocycles. The third-order valence-corrected chi connectivity index (χ3v) is 3.60. The monoisotopic (exact) mass is 269 g/mol. The molecule has 1 saturated heterocycles. The molecule has 2 unspecified atom stereocenters. The van der Waals surface area contributed by atoms with E-state index in [2.05, 4.69) is 26.1 Å². The number of nitrogens with one attached hydrogen (secondary N) is 1. The van der Waals surface area contributed by atoms with Gasteiger partial charge >= 0.3 is 0 Å². The number of nitrogens with zero attached hydrogens (tertiary/aromatic N) is 1. The molecule has 1 aliphatic rings. The summed E-state index contributed by atoms with van der Waals surface area (Å²) in [7, 11) is 0. The van der Waals surface area contributed by atoms with Crippen LogP contribution in [-0.2, 0) is 9.59 Å². The summed E-state index contributed by atoms with van der Waals surface area (Å²) in [6.07, 6.45) is 2.11. The Morgan fingerprint density at radius 2 is 1.95 bits per heavy atom. The quantitative estimate of drug-likeness (QED) is 0.795. The van der Waals surface area contributed by atoms with Crippen molar-refractivity contribution in [3.63, 3.8) is 0 Å². The molecular formula is C14H27N3O2. The predicted octanol–water partition coefficient (Wildman–Crippen LogP) is 0.877. The number of nitrogens with two attached hydrogens (primary N) is 1. The first-order chi connectivity index (χ1) is 8.70. The Kier molecular flexibility index (Phi) is 5.35. The predicted molar refractivity (Wildman–Crippen MR) is 75.5 cm³/mol. The molecule has 5 nitrogen and oxygen atoms in total. The summed E-state index contributed by atoms with van der Waals surface area (Å²) in [4.78, 5) is 25.3. The van der Waals surface area contributed by atoms with Gasteiger partial charge < -0.3 is 16.0 Å². The summed E-state index contributed by atoms with van der Waals surface area (Å²) < 4.78 is 0. The number of likely N-dealkylation sites (tertiary alicyclic amines) is 1. The van der Waals surface area contributed by atoms with E-state index in [9.17, 15) is 9.59 Å². The number of amides is 2. The van der Waals surface area contributed by atoms with Gasteiger partial charge in [-0.25, -0.2) is 0 Å². The average Bonchev–Trinajstić information content (AvgIpc) is 2.27. The van der Waals surface area contributed by atoms with E-state index in [1.807, 2.05) is 11.8 Å². The minimum absolute atomic E-state index is 0.0174. The first kappa shape index (κ1) is 16.0. The van der Waals surface area contributed by atoms with Gasteiger partial charge in [0.2, 0.25) is 11.8 Å². The zero-order chi connectivity index (χ0) is 14.6. The SMILES string of the molecule is CC1CCC(C(N)=O)CN1C(=O)CCNC(C)(C)C. The molecule has 0 spiro atoms. The number of primary amides is 1. The molecule has 0 radical (unpaired) electrons. The van der Waals surface area contributed by atoms with Crippen molar-refractivity contribution in [2.24, 2.45) is 11.7 Å². The summed E-state index contributed by atoms with van der Waals surface area (Å²) in [5.41, 5.74) is 5.36. The fourth-order valence-electron chi connectivity index (χ4n) is 2.37. The van der Waals surface area contributed by atoms with E-state index in [0.717, 1.165) is 12.8 Å². The standard InChI is InChI=1S/C14H27N3O2/c1-10-5-6-11(13(15)19)9-17(10)12(18)7-8-16-14(2,3)4/h10-11,16H,5-9H2,1-4H3,(H2,15,19). The van der Waals surface area contributed by atoms with Crippen molar-refractivity contribution in [1.29, 1.82) is 0 Å². The summed E-state index contributed by atoms with van der Waals surface area (Å²) in [5.74, 6) is -0.372. The van der Waals surface area contributed by atoms with E-state index in [-0.39, 0.29) is 29.3 Å². The highest BCUT2D eigenvalue weighted by atomic mass is 16.2. The minimum Gasteiger partial charge on any atom is -0.369 e. The molecule has 110 valence electrons. The second-order valence-corrected chi connectivity index (χ2v) is 6.50. The number of rotatable bonds is 4. The first-order valence-corrected chi connectivity index (χ1v) is 7.04. The van der Waals surface area contributed by atoms with Crippen LogP contribution in [0.2, 0.25) is 0 Å². The number of piperidine rings is 1. The smallest absolute Gasteiger partial charge is 0.224 e. The van der Waals surface area contributed by atoms with Gasteiger partial charge in [-0.1, -0.05) is 0 Å². The molecule has 2 atom stereocenters. The summed E-state index contributed by atoms with van der Waals surface area (Å²) >= 11 is 0. The van der Waals surface area contributed by atoms with Crippen LogP contribution in [0.15, 0.2) is 0 Å². The maximum absolute atomic E-state index is 12.2. The second-order valence-electron chi connectivity index (χ2n) is 6.50. The Bertz CT molecular complexity index is 336. The molecule has 1 heterocycles. The molecule has 1 rings (SSSR count). The topological polar surface area (TPSA) is 75.4 Å². The molecule has 0 aromatic rings. The Hall–Kier alpha value is -1.10. The first-order valence-electron chi connectivity index (χ1n) is 7.04. The Morgan fingerprint density at radius 1 is 1.32 bits per heavy atom. The maximum atomic E-state index is 12.2. The fourth-order valence-corrected chi connectivity index (χ4v) is 2.37. The van der Waals surface area contributed by atoms with Gasteiger partial charge in [0.25, 0.3) is 0 Å². The average molecular weight is 269 g/mol. The van der Waals surface area contributed by atoms with E-state index in [0.29, 0.717) is 19.5 Å². The van der Waals surface area contributed by atoms with Crippen molar-refractivity contribution in [3.05, 3.63) is 0 Å². The molecule has 1 fully saturated rings. The number of hydrogen-bond donors (Lipinski definition) is 2. The van der Waals surface area contributed by atoms with Crippen LogP contribution in [0.25, 0.3) is 0 Å². The van der Waals surface area contributed by atoms with E-state index in [1.165, 1.54) is 0 Å². The Balaban J connectivity index is 2.47. The highest BCUT2D eigenvalue weighted by Gasteiger charge is 2.31. The lowest BCUT2D eigenvalue weighted by Gasteiger charge is -2.37. The van der Waals surface area contributed by atoms with Crippen molar-refractivity contribution in [1.82, 2.24) is 10.2 Å². The number of hydrogen-bond acceptors (Lipinski definition) is 3. The van der Waals surface area contributed by atoms with Gasteiger partial charge in [0.05, 0.1) is 5.92 Å². The van der Waals surface area contributed by atoms with Crippen LogP contribution in [0.5, 0.6) is 0 Å². The number of carbonyl (C=O) groups is 2. The third-order valence-electron chi connectivity index (χ3n) is 3.60. The second kappa shape index (κ2) is 6.37. The van der Waals surface area contributed by atoms with Crippen molar-refractivity contribution in [3.8, 4) is 0 Å². The molecule has 0 bridgehead atoms. The van der Waals surface area contributed by atoms with Crippen LogP contribution in [0.3, 0.4) is 0 Å². The van der Waals surface area contributed by atoms with Gasteiger partial charge in [0.15, 0.2) is 0 Å². The van der Waals surface area contributed by atoms with Crippen molar-refractivity contribution < 1.29 is 9.59 Å². The molecule has 19 heavy (non-hydrogen) atoms. The highest BCUT2D eigenvalue weighted by Crippen LogP contribution is 2.22. The van der Waals surface area contributed by atoms with Gasteiger partial charge in [0.1, 0.15) is 0 Å². The summed E-state index contributed by atoms with van der Waals surface area (Å²) in [6.45, 7) is 9.39. The van der Waals surface area contributed by atoms with E-state index < -0.39 is 0 Å².